The SMILES string of the molecule is CCOC(=O)c1ccccc1N(CC(=O)NCCN(C)C)S(C)(=O)=O. The molecule has 0 unspecified atom stereocenters. The Balaban J connectivity index is 3.05. The molecule has 0 saturated heterocycles. The van der Waals surface area contributed by atoms with Gasteiger partial charge in [-0.05, 0) is 33.2 Å². The Bertz CT molecular complexity index is 703. The van der Waals surface area contributed by atoms with E-state index in [0.717, 1.165) is 10.6 Å². The van der Waals surface area contributed by atoms with Gasteiger partial charge in [0, 0.05) is 13.1 Å². The van der Waals surface area contributed by atoms with E-state index in [4.69, 9.17) is 4.74 Å². The molecule has 0 radical (unpaired) electrons. The van der Waals surface area contributed by atoms with Crippen molar-refractivity contribution in [2.75, 3.05) is 50.9 Å². The van der Waals surface area contributed by atoms with Crippen LogP contribution in [-0.4, -0.2) is 71.8 Å². The van der Waals surface area contributed by atoms with E-state index < -0.39 is 28.4 Å². The van der Waals surface area contributed by atoms with Crippen LogP contribution in [0.1, 0.15) is 17.3 Å². The van der Waals surface area contributed by atoms with E-state index in [-0.39, 0.29) is 17.9 Å². The maximum Gasteiger partial charge on any atom is 0.340 e. The second-order valence-corrected chi connectivity index (χ2v) is 7.57. The highest BCUT2D eigenvalue weighted by Gasteiger charge is 2.25. The van der Waals surface area contributed by atoms with Crippen molar-refractivity contribution < 1.29 is 22.7 Å². The van der Waals surface area contributed by atoms with E-state index in [2.05, 4.69) is 5.32 Å². The van der Waals surface area contributed by atoms with Gasteiger partial charge in [-0.1, -0.05) is 12.1 Å². The summed E-state index contributed by atoms with van der Waals surface area (Å²) in [5.74, 6) is -1.09. The molecule has 0 aliphatic heterocycles. The van der Waals surface area contributed by atoms with Crippen LogP contribution < -0.4 is 9.62 Å². The number of sulfonamides is 1. The molecule has 0 bridgehead atoms. The molecule has 0 spiro atoms. The molecule has 1 rings (SSSR count). The fourth-order valence-corrected chi connectivity index (χ4v) is 2.93. The van der Waals surface area contributed by atoms with Gasteiger partial charge in [-0.2, -0.15) is 0 Å². The maximum absolute atomic E-state index is 12.2. The lowest BCUT2D eigenvalue weighted by Crippen LogP contribution is -2.42. The molecule has 0 aromatic heterocycles. The number of hydrogen-bond donors (Lipinski definition) is 1. The van der Waals surface area contributed by atoms with Gasteiger partial charge in [-0.3, -0.25) is 9.10 Å². The number of benzene rings is 1. The Morgan fingerprint density at radius 1 is 1.20 bits per heavy atom. The number of hydrogen-bond acceptors (Lipinski definition) is 6. The predicted molar refractivity (Wildman–Crippen MR) is 96.2 cm³/mol. The lowest BCUT2D eigenvalue weighted by atomic mass is 10.2. The molecule has 9 heteroatoms. The van der Waals surface area contributed by atoms with Crippen LogP contribution in [0.5, 0.6) is 0 Å². The van der Waals surface area contributed by atoms with Gasteiger partial charge in [0.15, 0.2) is 0 Å². The van der Waals surface area contributed by atoms with Gasteiger partial charge in [-0.25, -0.2) is 13.2 Å². The molecule has 0 aliphatic rings. The van der Waals surface area contributed by atoms with Gasteiger partial charge in [0.25, 0.3) is 0 Å². The van der Waals surface area contributed by atoms with Crippen molar-refractivity contribution in [3.8, 4) is 0 Å². The van der Waals surface area contributed by atoms with E-state index in [9.17, 15) is 18.0 Å². The van der Waals surface area contributed by atoms with Gasteiger partial charge in [0.2, 0.25) is 15.9 Å². The Morgan fingerprint density at radius 3 is 2.40 bits per heavy atom. The normalized spacial score (nSPS) is 11.2. The average molecular weight is 371 g/mol. The minimum Gasteiger partial charge on any atom is -0.462 e. The topological polar surface area (TPSA) is 96.0 Å². The van der Waals surface area contributed by atoms with Gasteiger partial charge in [0.1, 0.15) is 6.54 Å². The van der Waals surface area contributed by atoms with E-state index in [1.165, 1.54) is 12.1 Å². The summed E-state index contributed by atoms with van der Waals surface area (Å²) in [4.78, 5) is 26.1. The molecule has 1 amide bonds. The minimum atomic E-state index is -3.77. The summed E-state index contributed by atoms with van der Waals surface area (Å²) in [5, 5.41) is 2.66. The molecule has 0 fully saturated rings. The molecule has 25 heavy (non-hydrogen) atoms. The van der Waals surface area contributed by atoms with Crippen LogP contribution in [-0.2, 0) is 19.6 Å². The Morgan fingerprint density at radius 2 is 1.84 bits per heavy atom. The third-order valence-electron chi connectivity index (χ3n) is 3.24. The van der Waals surface area contributed by atoms with E-state index >= 15 is 0 Å². The summed E-state index contributed by atoms with van der Waals surface area (Å²) >= 11 is 0. The number of likely N-dealkylation sites (N-methyl/N-ethyl adjacent to an activating group) is 1. The molecule has 0 atom stereocenters. The van der Waals surface area contributed by atoms with Crippen molar-refractivity contribution in [2.45, 2.75) is 6.92 Å². The largest absolute Gasteiger partial charge is 0.462 e. The summed E-state index contributed by atoms with van der Waals surface area (Å²) in [6, 6.07) is 6.14. The number of anilines is 1. The first-order chi connectivity index (χ1) is 11.7. The third kappa shape index (κ3) is 6.71. The van der Waals surface area contributed by atoms with Crippen molar-refractivity contribution in [3.63, 3.8) is 0 Å². The summed E-state index contributed by atoms with van der Waals surface area (Å²) in [6.07, 6.45) is 0.988. The smallest absolute Gasteiger partial charge is 0.340 e. The van der Waals surface area contributed by atoms with Crippen LogP contribution in [0.4, 0.5) is 5.69 Å². The molecule has 0 heterocycles. The molecular weight excluding hydrogens is 346 g/mol. The highest BCUT2D eigenvalue weighted by molar-refractivity contribution is 7.92. The summed E-state index contributed by atoms with van der Waals surface area (Å²) in [6.45, 7) is 2.43. The number of para-hydroxylation sites is 1. The van der Waals surface area contributed by atoms with Crippen molar-refractivity contribution in [2.24, 2.45) is 0 Å². The highest BCUT2D eigenvalue weighted by atomic mass is 32.2. The van der Waals surface area contributed by atoms with Crippen LogP contribution in [0.25, 0.3) is 0 Å². The number of carbonyl (C=O) groups excluding carboxylic acids is 2. The molecule has 0 aliphatic carbocycles. The standard InChI is InChI=1S/C16H25N3O5S/c1-5-24-16(21)13-8-6-7-9-14(13)19(25(4,22)23)12-15(20)17-10-11-18(2)3/h6-9H,5,10-12H2,1-4H3,(H,17,20). The zero-order valence-electron chi connectivity index (χ0n) is 15.0. The summed E-state index contributed by atoms with van der Waals surface area (Å²) in [7, 11) is -0.0398. The number of amides is 1. The molecule has 1 N–H and O–H groups in total. The number of nitrogens with one attached hydrogen (secondary N) is 1. The lowest BCUT2D eigenvalue weighted by molar-refractivity contribution is -0.119. The first-order valence-electron chi connectivity index (χ1n) is 7.82. The number of esters is 1. The highest BCUT2D eigenvalue weighted by Crippen LogP contribution is 2.23. The van der Waals surface area contributed by atoms with Crippen molar-refractivity contribution in [3.05, 3.63) is 29.8 Å². The first-order valence-corrected chi connectivity index (χ1v) is 9.67. The van der Waals surface area contributed by atoms with Crippen molar-refractivity contribution in [1.29, 1.82) is 0 Å². The minimum absolute atomic E-state index is 0.0934. The van der Waals surface area contributed by atoms with Gasteiger partial charge < -0.3 is 15.0 Å². The third-order valence-corrected chi connectivity index (χ3v) is 4.36. The monoisotopic (exact) mass is 371 g/mol. The summed E-state index contributed by atoms with van der Waals surface area (Å²) < 4.78 is 30.2. The zero-order chi connectivity index (χ0) is 19.0. The second-order valence-electron chi connectivity index (χ2n) is 5.66. The Kier molecular flexibility index (Phi) is 7.85. The maximum atomic E-state index is 12.2. The number of carbonyl (C=O) groups is 2. The molecule has 1 aromatic carbocycles. The van der Waals surface area contributed by atoms with Crippen LogP contribution >= 0.6 is 0 Å². The summed E-state index contributed by atoms with van der Waals surface area (Å²) in [5.41, 5.74) is 0.210. The molecule has 8 nitrogen and oxygen atoms in total. The molecular formula is C16H25N3O5S. The van der Waals surface area contributed by atoms with Crippen LogP contribution in [0, 0.1) is 0 Å². The quantitative estimate of drug-likeness (QED) is 0.628. The van der Waals surface area contributed by atoms with Crippen LogP contribution in [0.3, 0.4) is 0 Å². The number of ether oxygens (including phenoxy) is 1. The van der Waals surface area contributed by atoms with Crippen molar-refractivity contribution in [1.82, 2.24) is 10.2 Å². The van der Waals surface area contributed by atoms with Gasteiger partial charge in [-0.15, -0.1) is 0 Å². The van der Waals surface area contributed by atoms with Crippen LogP contribution in [0.15, 0.2) is 24.3 Å². The Labute approximate surface area is 148 Å². The number of rotatable bonds is 9. The van der Waals surface area contributed by atoms with Crippen LogP contribution in [0.2, 0.25) is 0 Å². The fourth-order valence-electron chi connectivity index (χ4n) is 2.06. The van der Waals surface area contributed by atoms with Gasteiger partial charge >= 0.3 is 5.97 Å². The Hall–Kier alpha value is -2.13. The van der Waals surface area contributed by atoms with Gasteiger partial charge in [0.05, 0.1) is 24.1 Å². The van der Waals surface area contributed by atoms with E-state index in [1.54, 1.807) is 19.1 Å². The average Bonchev–Trinajstić information content (AvgIpc) is 2.51. The molecule has 1 aromatic rings. The second kappa shape index (κ2) is 9.38. The van der Waals surface area contributed by atoms with E-state index in [0.29, 0.717) is 13.1 Å². The zero-order valence-corrected chi connectivity index (χ0v) is 15.8. The number of nitrogens with zero attached hydrogens (tertiary/aromatic N) is 2. The lowest BCUT2D eigenvalue weighted by Gasteiger charge is -2.24. The first kappa shape index (κ1) is 20.9. The molecule has 0 saturated carbocycles. The van der Waals surface area contributed by atoms with E-state index in [1.807, 2.05) is 19.0 Å². The van der Waals surface area contributed by atoms with Crippen molar-refractivity contribution >= 4 is 27.6 Å². The predicted octanol–water partition coefficient (Wildman–Crippen LogP) is 0.307. The fraction of sp³-hybridized carbons (Fsp3) is 0.500. The molecule has 140 valence electrons.